The summed E-state index contributed by atoms with van der Waals surface area (Å²) in [6.07, 6.45) is 0.374. The van der Waals surface area contributed by atoms with E-state index in [1.165, 1.54) is 7.11 Å². The van der Waals surface area contributed by atoms with Crippen molar-refractivity contribution < 1.29 is 14.3 Å². The van der Waals surface area contributed by atoms with Crippen LogP contribution in [0.2, 0.25) is 0 Å². The molecule has 0 aliphatic heterocycles. The van der Waals surface area contributed by atoms with Crippen LogP contribution in [-0.4, -0.2) is 18.7 Å². The lowest BCUT2D eigenvalue weighted by Gasteiger charge is -2.09. The van der Waals surface area contributed by atoms with Gasteiger partial charge in [-0.25, -0.2) is 0 Å². The minimum absolute atomic E-state index is 0.0374. The van der Waals surface area contributed by atoms with Crippen molar-refractivity contribution in [1.82, 2.24) is 0 Å². The van der Waals surface area contributed by atoms with Gasteiger partial charge in [-0.3, -0.25) is 9.59 Å². The van der Waals surface area contributed by atoms with Crippen molar-refractivity contribution >= 4 is 11.6 Å². The van der Waals surface area contributed by atoms with Crippen molar-refractivity contribution in [3.05, 3.63) is 65.2 Å². The van der Waals surface area contributed by atoms with E-state index >= 15 is 0 Å². The number of rotatable bonds is 5. The highest BCUT2D eigenvalue weighted by molar-refractivity contribution is 6.10. The molecule has 2 aromatic carbocycles. The molecule has 0 radical (unpaired) electrons. The Balaban J connectivity index is 2.43. The maximum atomic E-state index is 12.4. The van der Waals surface area contributed by atoms with Crippen molar-refractivity contribution in [2.75, 3.05) is 7.11 Å². The molecular formula is C17H16O3. The summed E-state index contributed by atoms with van der Waals surface area (Å²) in [7, 11) is 1.51. The van der Waals surface area contributed by atoms with E-state index in [2.05, 4.69) is 0 Å². The van der Waals surface area contributed by atoms with Crippen LogP contribution < -0.4 is 4.74 Å². The highest BCUT2D eigenvalue weighted by Crippen LogP contribution is 2.23. The summed E-state index contributed by atoms with van der Waals surface area (Å²) in [6, 6.07) is 14.0. The predicted octanol–water partition coefficient (Wildman–Crippen LogP) is 3.52. The maximum absolute atomic E-state index is 12.4. The summed E-state index contributed by atoms with van der Waals surface area (Å²) >= 11 is 0. The molecule has 0 heterocycles. The number of benzene rings is 2. The molecule has 102 valence electrons. The quantitative estimate of drug-likeness (QED) is 0.779. The topological polar surface area (TPSA) is 43.4 Å². The van der Waals surface area contributed by atoms with Crippen LogP contribution in [0, 0.1) is 0 Å². The Hall–Kier alpha value is -2.42. The largest absolute Gasteiger partial charge is 0.496 e. The van der Waals surface area contributed by atoms with Crippen molar-refractivity contribution in [2.45, 2.75) is 13.3 Å². The van der Waals surface area contributed by atoms with Crippen LogP contribution in [0.3, 0.4) is 0 Å². The Kier molecular flexibility index (Phi) is 4.31. The van der Waals surface area contributed by atoms with Gasteiger partial charge >= 0.3 is 0 Å². The van der Waals surface area contributed by atoms with Gasteiger partial charge in [-0.2, -0.15) is 0 Å². The number of carbonyl (C=O) groups excluding carboxylic acids is 2. The zero-order valence-corrected chi connectivity index (χ0v) is 11.6. The number of hydrogen-bond acceptors (Lipinski definition) is 3. The van der Waals surface area contributed by atoms with Gasteiger partial charge in [0.15, 0.2) is 11.6 Å². The molecule has 3 heteroatoms. The summed E-state index contributed by atoms with van der Waals surface area (Å²) in [5, 5.41) is 0. The van der Waals surface area contributed by atoms with Gasteiger partial charge in [0.05, 0.1) is 12.7 Å². The number of ketones is 2. The summed E-state index contributed by atoms with van der Waals surface area (Å²) in [5.41, 5.74) is 1.55. The third kappa shape index (κ3) is 2.77. The highest BCUT2D eigenvalue weighted by atomic mass is 16.5. The Morgan fingerprint density at radius 3 is 2.30 bits per heavy atom. The molecule has 20 heavy (non-hydrogen) atoms. The molecule has 3 nitrogen and oxygen atoms in total. The lowest BCUT2D eigenvalue weighted by Crippen LogP contribution is -2.06. The zero-order valence-electron chi connectivity index (χ0n) is 11.6. The van der Waals surface area contributed by atoms with Crippen molar-refractivity contribution in [1.29, 1.82) is 0 Å². The van der Waals surface area contributed by atoms with E-state index in [-0.39, 0.29) is 11.6 Å². The molecule has 0 saturated heterocycles. The molecule has 2 aromatic rings. The van der Waals surface area contributed by atoms with Gasteiger partial charge in [-0.05, 0) is 18.2 Å². The normalized spacial score (nSPS) is 10.1. The molecular weight excluding hydrogens is 252 g/mol. The van der Waals surface area contributed by atoms with Crippen LogP contribution in [0.15, 0.2) is 48.5 Å². The predicted molar refractivity (Wildman–Crippen MR) is 77.5 cm³/mol. The molecule has 0 atom stereocenters. The van der Waals surface area contributed by atoms with Crippen molar-refractivity contribution in [3.63, 3.8) is 0 Å². The van der Waals surface area contributed by atoms with Gasteiger partial charge in [-0.1, -0.05) is 37.3 Å². The fourth-order valence-corrected chi connectivity index (χ4v) is 2.01. The number of ether oxygens (including phenoxy) is 1. The third-order valence-electron chi connectivity index (χ3n) is 3.12. The second kappa shape index (κ2) is 6.15. The molecule has 0 aliphatic rings. The lowest BCUT2D eigenvalue weighted by molar-refractivity contribution is 0.0985. The molecule has 0 amide bonds. The van der Waals surface area contributed by atoms with Gasteiger partial charge in [0.2, 0.25) is 0 Å². The first kappa shape index (κ1) is 14.0. The van der Waals surface area contributed by atoms with E-state index in [9.17, 15) is 9.59 Å². The van der Waals surface area contributed by atoms with Crippen LogP contribution in [-0.2, 0) is 0 Å². The lowest BCUT2D eigenvalue weighted by atomic mass is 9.98. The van der Waals surface area contributed by atoms with Crippen molar-refractivity contribution in [3.8, 4) is 5.75 Å². The monoisotopic (exact) mass is 268 g/mol. The Morgan fingerprint density at radius 2 is 1.70 bits per heavy atom. The minimum Gasteiger partial charge on any atom is -0.496 e. The van der Waals surface area contributed by atoms with Gasteiger partial charge in [0.1, 0.15) is 5.75 Å². The standard InChI is InChI=1S/C17H16O3/c1-3-15(18)14-11-13(9-10-16(14)20-2)17(19)12-7-5-4-6-8-12/h4-11H,3H2,1-2H3. The van der Waals surface area contributed by atoms with Crippen LogP contribution in [0.25, 0.3) is 0 Å². The maximum Gasteiger partial charge on any atom is 0.193 e. The van der Waals surface area contributed by atoms with E-state index in [1.54, 1.807) is 37.3 Å². The summed E-state index contributed by atoms with van der Waals surface area (Å²) in [4.78, 5) is 24.3. The summed E-state index contributed by atoms with van der Waals surface area (Å²) < 4.78 is 5.18. The Morgan fingerprint density at radius 1 is 1.00 bits per heavy atom. The molecule has 0 aliphatic carbocycles. The molecule has 0 bridgehead atoms. The van der Waals surface area contributed by atoms with Gasteiger partial charge in [-0.15, -0.1) is 0 Å². The molecule has 2 rings (SSSR count). The smallest absolute Gasteiger partial charge is 0.193 e. The zero-order chi connectivity index (χ0) is 14.5. The Bertz CT molecular complexity index is 630. The highest BCUT2D eigenvalue weighted by Gasteiger charge is 2.15. The van der Waals surface area contributed by atoms with Crippen molar-refractivity contribution in [2.24, 2.45) is 0 Å². The van der Waals surface area contributed by atoms with E-state index in [4.69, 9.17) is 4.74 Å². The molecule has 0 fully saturated rings. The Labute approximate surface area is 118 Å². The molecule has 0 saturated carbocycles. The average molecular weight is 268 g/mol. The molecule has 0 unspecified atom stereocenters. The number of hydrogen-bond donors (Lipinski definition) is 0. The van der Waals surface area contributed by atoms with Crippen LogP contribution >= 0.6 is 0 Å². The van der Waals surface area contributed by atoms with Gasteiger partial charge < -0.3 is 4.74 Å². The van der Waals surface area contributed by atoms with E-state index in [0.717, 1.165) is 0 Å². The first-order valence-corrected chi connectivity index (χ1v) is 6.48. The van der Waals surface area contributed by atoms with Crippen LogP contribution in [0.1, 0.15) is 39.6 Å². The van der Waals surface area contributed by atoms with Crippen LogP contribution in [0.5, 0.6) is 5.75 Å². The average Bonchev–Trinajstić information content (AvgIpc) is 2.53. The van der Waals surface area contributed by atoms with Crippen LogP contribution in [0.4, 0.5) is 0 Å². The molecule has 0 aromatic heterocycles. The van der Waals surface area contributed by atoms with E-state index in [0.29, 0.717) is 28.9 Å². The van der Waals surface area contributed by atoms with Gasteiger partial charge in [0, 0.05) is 17.5 Å². The van der Waals surface area contributed by atoms with Gasteiger partial charge in [0.25, 0.3) is 0 Å². The summed E-state index contributed by atoms with van der Waals surface area (Å²) in [6.45, 7) is 1.79. The van der Waals surface area contributed by atoms with E-state index < -0.39 is 0 Å². The second-order valence-electron chi connectivity index (χ2n) is 4.39. The minimum atomic E-state index is -0.0987. The fourth-order valence-electron chi connectivity index (χ4n) is 2.01. The third-order valence-corrected chi connectivity index (χ3v) is 3.12. The first-order chi connectivity index (χ1) is 9.67. The second-order valence-corrected chi connectivity index (χ2v) is 4.39. The first-order valence-electron chi connectivity index (χ1n) is 6.48. The van der Waals surface area contributed by atoms with E-state index in [1.807, 2.05) is 18.2 Å². The SMILES string of the molecule is CCC(=O)c1cc(C(=O)c2ccccc2)ccc1OC. The number of methoxy groups -OCH3 is 1. The molecule has 0 spiro atoms. The fraction of sp³-hybridized carbons (Fsp3) is 0.176. The number of Topliss-reactive ketones (excluding diaryl/α,β-unsaturated/α-hetero) is 1. The summed E-state index contributed by atoms with van der Waals surface area (Å²) in [5.74, 6) is 0.365. The molecule has 0 N–H and O–H groups in total. The number of carbonyl (C=O) groups is 2.